The van der Waals surface area contributed by atoms with Gasteiger partial charge in [0.1, 0.15) is 12.8 Å². The van der Waals surface area contributed by atoms with Crippen molar-refractivity contribution in [3.63, 3.8) is 0 Å². The molecule has 0 aliphatic carbocycles. The molecule has 0 spiro atoms. The molecule has 4 rings (SSSR count). The zero-order chi connectivity index (χ0) is 21.5. The Bertz CT molecular complexity index is 927. The van der Waals surface area contributed by atoms with Gasteiger partial charge in [-0.2, -0.15) is 0 Å². The van der Waals surface area contributed by atoms with Crippen LogP contribution in [0.3, 0.4) is 0 Å². The van der Waals surface area contributed by atoms with Gasteiger partial charge in [0.05, 0.1) is 18.5 Å². The average molecular weight is 412 g/mol. The monoisotopic (exact) mass is 411 g/mol. The molecule has 5 nitrogen and oxygen atoms in total. The highest BCUT2D eigenvalue weighted by Crippen LogP contribution is 2.44. The molecule has 30 heavy (non-hydrogen) atoms. The minimum absolute atomic E-state index is 0.127. The van der Waals surface area contributed by atoms with Gasteiger partial charge in [-0.25, -0.2) is 9.37 Å². The van der Waals surface area contributed by atoms with Crippen molar-refractivity contribution in [2.45, 2.75) is 46.4 Å². The van der Waals surface area contributed by atoms with Gasteiger partial charge in [0, 0.05) is 24.0 Å². The Hall–Kier alpha value is -2.63. The number of aryl methyl sites for hydroxylation is 1. The molecule has 2 aromatic rings. The lowest BCUT2D eigenvalue weighted by Crippen LogP contribution is -2.48. The molecule has 0 unspecified atom stereocenters. The third-order valence-electron chi connectivity index (χ3n) is 6.96. The van der Waals surface area contributed by atoms with E-state index in [-0.39, 0.29) is 11.8 Å². The Morgan fingerprint density at radius 3 is 2.60 bits per heavy atom. The van der Waals surface area contributed by atoms with Gasteiger partial charge in [-0.05, 0) is 42.9 Å². The molecule has 1 aromatic heterocycles. The molecular weight excluding hydrogens is 381 g/mol. The molecule has 1 N–H and O–H groups in total. The quantitative estimate of drug-likeness (QED) is 0.781. The van der Waals surface area contributed by atoms with Crippen molar-refractivity contribution >= 4 is 11.6 Å². The normalized spacial score (nSPS) is 25.0. The Labute approximate surface area is 177 Å². The van der Waals surface area contributed by atoms with E-state index in [0.717, 1.165) is 29.1 Å². The molecule has 2 aliphatic rings. The third-order valence-corrected chi connectivity index (χ3v) is 6.96. The number of nitrogens with zero attached hydrogens (tertiary/aromatic N) is 2. The number of pyridine rings is 1. The molecule has 160 valence electrons. The number of ether oxygens (including phenoxy) is 1. The molecule has 0 radical (unpaired) electrons. The van der Waals surface area contributed by atoms with Gasteiger partial charge in [-0.3, -0.25) is 4.79 Å². The molecule has 6 heteroatoms. The van der Waals surface area contributed by atoms with Crippen molar-refractivity contribution in [1.82, 2.24) is 10.3 Å². The van der Waals surface area contributed by atoms with Gasteiger partial charge >= 0.3 is 0 Å². The summed E-state index contributed by atoms with van der Waals surface area (Å²) in [5, 5.41) is 3.00. The standard InChI is InChI=1S/C24H30FN3O2/c1-15-11-26-23(29)24(15,4)17(3)19-7-5-18(6-8-19)14-30-22-10-21(9-16(2)27-22)28-12-20(25)13-28/h5-10,15,17,20H,11-14H2,1-4H3,(H,26,29)/t15-,17+,24-/m0/s1. The second kappa shape index (κ2) is 7.89. The zero-order valence-electron chi connectivity index (χ0n) is 18.1. The highest BCUT2D eigenvalue weighted by Gasteiger charge is 2.48. The second-order valence-electron chi connectivity index (χ2n) is 8.95. The fourth-order valence-electron chi connectivity index (χ4n) is 4.41. The lowest BCUT2D eigenvalue weighted by molar-refractivity contribution is -0.128. The van der Waals surface area contributed by atoms with Gasteiger partial charge < -0.3 is 15.0 Å². The number of carbonyl (C=O) groups excluding carboxylic acids is 1. The summed E-state index contributed by atoms with van der Waals surface area (Å²) in [6.07, 6.45) is -0.746. The minimum Gasteiger partial charge on any atom is -0.473 e. The van der Waals surface area contributed by atoms with Crippen molar-refractivity contribution in [3.05, 3.63) is 53.2 Å². The van der Waals surface area contributed by atoms with Crippen LogP contribution in [0.25, 0.3) is 0 Å². The van der Waals surface area contributed by atoms with E-state index in [4.69, 9.17) is 4.74 Å². The number of carbonyl (C=O) groups is 1. The van der Waals surface area contributed by atoms with Crippen LogP contribution in [-0.4, -0.2) is 36.7 Å². The SMILES string of the molecule is Cc1cc(N2CC(F)C2)cc(OCc2ccc([C@@H](C)[C@@]3(C)C(=O)NC[C@@H]3C)cc2)n1. The van der Waals surface area contributed by atoms with E-state index in [1.54, 1.807) is 0 Å². The first-order valence-corrected chi connectivity index (χ1v) is 10.6. The lowest BCUT2D eigenvalue weighted by atomic mass is 9.68. The summed E-state index contributed by atoms with van der Waals surface area (Å²) in [6.45, 7) is 10.2. The average Bonchev–Trinajstić information content (AvgIpc) is 2.97. The summed E-state index contributed by atoms with van der Waals surface area (Å²) in [5.74, 6) is 1.11. The van der Waals surface area contributed by atoms with E-state index in [0.29, 0.717) is 31.5 Å². The summed E-state index contributed by atoms with van der Waals surface area (Å²) < 4.78 is 19.1. The van der Waals surface area contributed by atoms with Crippen molar-refractivity contribution in [2.75, 3.05) is 24.5 Å². The van der Waals surface area contributed by atoms with E-state index in [1.807, 2.05) is 36.1 Å². The maximum Gasteiger partial charge on any atom is 0.226 e. The fourth-order valence-corrected chi connectivity index (χ4v) is 4.41. The maximum atomic E-state index is 13.2. The number of amides is 1. The summed E-state index contributed by atoms with van der Waals surface area (Å²) >= 11 is 0. The highest BCUT2D eigenvalue weighted by molar-refractivity contribution is 5.85. The number of nitrogens with one attached hydrogen (secondary N) is 1. The Morgan fingerprint density at radius 2 is 2.00 bits per heavy atom. The summed E-state index contributed by atoms with van der Waals surface area (Å²) in [4.78, 5) is 18.9. The summed E-state index contributed by atoms with van der Waals surface area (Å²) in [5.41, 5.74) is 3.60. The predicted octanol–water partition coefficient (Wildman–Crippen LogP) is 4.00. The van der Waals surface area contributed by atoms with Gasteiger partial charge in [0.2, 0.25) is 11.8 Å². The molecule has 2 fully saturated rings. The largest absolute Gasteiger partial charge is 0.473 e. The smallest absolute Gasteiger partial charge is 0.226 e. The first kappa shape index (κ1) is 20.6. The van der Waals surface area contributed by atoms with Crippen LogP contribution in [0.1, 0.15) is 43.5 Å². The van der Waals surface area contributed by atoms with Crippen molar-refractivity contribution in [2.24, 2.45) is 11.3 Å². The van der Waals surface area contributed by atoms with Crippen LogP contribution in [0, 0.1) is 18.3 Å². The number of hydrogen-bond acceptors (Lipinski definition) is 4. The lowest BCUT2D eigenvalue weighted by Gasteiger charge is -2.36. The predicted molar refractivity (Wildman–Crippen MR) is 116 cm³/mol. The number of benzene rings is 1. The molecule has 1 amide bonds. The Balaban J connectivity index is 1.41. The van der Waals surface area contributed by atoms with Crippen LogP contribution in [0.2, 0.25) is 0 Å². The highest BCUT2D eigenvalue weighted by atomic mass is 19.1. The van der Waals surface area contributed by atoms with Crippen LogP contribution in [-0.2, 0) is 11.4 Å². The molecule has 0 saturated carbocycles. The van der Waals surface area contributed by atoms with Crippen LogP contribution in [0.4, 0.5) is 10.1 Å². The molecule has 2 saturated heterocycles. The molecule has 2 aliphatic heterocycles. The van der Waals surface area contributed by atoms with E-state index < -0.39 is 11.6 Å². The van der Waals surface area contributed by atoms with Gasteiger partial charge in [0.15, 0.2) is 0 Å². The summed E-state index contributed by atoms with van der Waals surface area (Å²) in [7, 11) is 0. The minimum atomic E-state index is -0.746. The molecule has 1 aromatic carbocycles. The topological polar surface area (TPSA) is 54.5 Å². The van der Waals surface area contributed by atoms with Crippen LogP contribution in [0.15, 0.2) is 36.4 Å². The van der Waals surface area contributed by atoms with E-state index in [1.165, 1.54) is 0 Å². The van der Waals surface area contributed by atoms with Gasteiger partial charge in [-0.1, -0.05) is 38.1 Å². The van der Waals surface area contributed by atoms with Gasteiger partial charge in [0.25, 0.3) is 0 Å². The van der Waals surface area contributed by atoms with Crippen molar-refractivity contribution < 1.29 is 13.9 Å². The van der Waals surface area contributed by atoms with Gasteiger partial charge in [-0.15, -0.1) is 0 Å². The Morgan fingerprint density at radius 1 is 1.30 bits per heavy atom. The number of rotatable bonds is 6. The van der Waals surface area contributed by atoms with E-state index >= 15 is 0 Å². The third kappa shape index (κ3) is 3.75. The number of anilines is 1. The number of hydrogen-bond donors (Lipinski definition) is 1. The first-order valence-electron chi connectivity index (χ1n) is 10.6. The maximum absolute atomic E-state index is 13.2. The molecule has 3 heterocycles. The first-order chi connectivity index (χ1) is 14.3. The molecule has 0 bridgehead atoms. The molecule has 3 atom stereocenters. The number of alkyl halides is 1. The summed E-state index contributed by atoms with van der Waals surface area (Å²) in [6, 6.07) is 12.1. The van der Waals surface area contributed by atoms with Crippen molar-refractivity contribution in [1.29, 1.82) is 0 Å². The Kier molecular flexibility index (Phi) is 5.43. The van der Waals surface area contributed by atoms with Crippen LogP contribution in [0.5, 0.6) is 5.88 Å². The van der Waals surface area contributed by atoms with E-state index in [9.17, 15) is 9.18 Å². The zero-order valence-corrected chi connectivity index (χ0v) is 18.1. The number of halogens is 1. The molecular formula is C24H30FN3O2. The van der Waals surface area contributed by atoms with Crippen molar-refractivity contribution in [3.8, 4) is 5.88 Å². The van der Waals surface area contributed by atoms with Crippen LogP contribution >= 0.6 is 0 Å². The van der Waals surface area contributed by atoms with Crippen LogP contribution < -0.4 is 15.0 Å². The fraction of sp³-hybridized carbons (Fsp3) is 0.500. The second-order valence-corrected chi connectivity index (χ2v) is 8.95. The number of aromatic nitrogens is 1. The van der Waals surface area contributed by atoms with E-state index in [2.05, 4.69) is 43.2 Å².